The van der Waals surface area contributed by atoms with Crippen LogP contribution in [-0.4, -0.2) is 42.1 Å². The molecule has 1 aliphatic rings. The predicted octanol–water partition coefficient (Wildman–Crippen LogP) is 2.90. The average molecular weight is 323 g/mol. The van der Waals surface area contributed by atoms with Gasteiger partial charge in [0.05, 0.1) is 6.26 Å². The highest BCUT2D eigenvalue weighted by atomic mass is 16.5. The van der Waals surface area contributed by atoms with Gasteiger partial charge in [0.15, 0.2) is 11.5 Å². The van der Waals surface area contributed by atoms with E-state index in [4.69, 9.17) is 8.94 Å². The number of nitrogens with zero attached hydrogens (tertiary/aromatic N) is 3. The maximum atomic E-state index is 12.6. The fourth-order valence-electron chi connectivity index (χ4n) is 2.88. The molecule has 1 amide bonds. The number of carbonyl (C=O) groups is 1. The van der Waals surface area contributed by atoms with Crippen LogP contribution < -0.4 is 4.90 Å². The van der Waals surface area contributed by atoms with Crippen molar-refractivity contribution >= 4 is 11.6 Å². The molecule has 3 heterocycles. The molecular formula is C18H17N3O3. The third-order valence-corrected chi connectivity index (χ3v) is 4.18. The Balaban J connectivity index is 1.41. The van der Waals surface area contributed by atoms with Gasteiger partial charge in [-0.05, 0) is 24.3 Å². The monoisotopic (exact) mass is 323 g/mol. The highest BCUT2D eigenvalue weighted by Crippen LogP contribution is 2.22. The Labute approximate surface area is 139 Å². The quantitative estimate of drug-likeness (QED) is 0.741. The van der Waals surface area contributed by atoms with Crippen LogP contribution in [0, 0.1) is 0 Å². The van der Waals surface area contributed by atoms with Crippen molar-refractivity contribution in [1.29, 1.82) is 0 Å². The van der Waals surface area contributed by atoms with Crippen LogP contribution in [0.1, 0.15) is 10.5 Å². The van der Waals surface area contributed by atoms with E-state index in [1.807, 2.05) is 23.1 Å². The molecule has 3 aromatic rings. The van der Waals surface area contributed by atoms with E-state index in [9.17, 15) is 4.79 Å². The van der Waals surface area contributed by atoms with E-state index >= 15 is 0 Å². The lowest BCUT2D eigenvalue weighted by molar-refractivity contribution is 0.0736. The van der Waals surface area contributed by atoms with Crippen molar-refractivity contribution in [3.8, 4) is 11.5 Å². The molecule has 1 saturated heterocycles. The van der Waals surface area contributed by atoms with E-state index in [0.29, 0.717) is 30.3 Å². The largest absolute Gasteiger partial charge is 0.461 e. The topological polar surface area (TPSA) is 62.7 Å². The lowest BCUT2D eigenvalue weighted by atomic mass is 10.2. The van der Waals surface area contributed by atoms with Gasteiger partial charge < -0.3 is 18.7 Å². The van der Waals surface area contributed by atoms with Crippen LogP contribution >= 0.6 is 0 Å². The smallest absolute Gasteiger partial charge is 0.276 e. The van der Waals surface area contributed by atoms with E-state index in [2.05, 4.69) is 22.2 Å². The molecule has 0 radical (unpaired) electrons. The lowest BCUT2D eigenvalue weighted by Crippen LogP contribution is -2.48. The number of amides is 1. The summed E-state index contributed by atoms with van der Waals surface area (Å²) in [7, 11) is 0. The zero-order valence-corrected chi connectivity index (χ0v) is 13.1. The van der Waals surface area contributed by atoms with E-state index in [1.165, 1.54) is 5.69 Å². The third kappa shape index (κ3) is 2.78. The van der Waals surface area contributed by atoms with Crippen molar-refractivity contribution < 1.29 is 13.7 Å². The number of furan rings is 1. The molecule has 0 N–H and O–H groups in total. The summed E-state index contributed by atoms with van der Waals surface area (Å²) in [6.45, 7) is 2.94. The van der Waals surface area contributed by atoms with Gasteiger partial charge in [0.1, 0.15) is 0 Å². The Hall–Kier alpha value is -3.02. The molecule has 0 spiro atoms. The first-order valence-electron chi connectivity index (χ1n) is 7.91. The van der Waals surface area contributed by atoms with E-state index in [0.717, 1.165) is 13.1 Å². The second kappa shape index (κ2) is 6.23. The summed E-state index contributed by atoms with van der Waals surface area (Å²) in [5.74, 6) is 0.922. The third-order valence-electron chi connectivity index (χ3n) is 4.18. The average Bonchev–Trinajstić information content (AvgIpc) is 3.33. The zero-order chi connectivity index (χ0) is 16.4. The number of para-hydroxylation sites is 1. The Morgan fingerprint density at radius 2 is 1.75 bits per heavy atom. The summed E-state index contributed by atoms with van der Waals surface area (Å²) in [6, 6.07) is 15.4. The molecule has 1 fully saturated rings. The minimum absolute atomic E-state index is 0.107. The molecule has 2 aromatic heterocycles. The minimum atomic E-state index is -0.107. The summed E-state index contributed by atoms with van der Waals surface area (Å²) in [6.07, 6.45) is 1.56. The van der Waals surface area contributed by atoms with Crippen LogP contribution in [0.15, 0.2) is 63.7 Å². The van der Waals surface area contributed by atoms with Gasteiger partial charge in [-0.15, -0.1) is 0 Å². The SMILES string of the molecule is O=C(c1cc(-c2ccco2)on1)N1CCN(c2ccccc2)CC1. The normalized spacial score (nSPS) is 14.8. The van der Waals surface area contributed by atoms with Crippen LogP contribution in [0.25, 0.3) is 11.5 Å². The summed E-state index contributed by atoms with van der Waals surface area (Å²) in [4.78, 5) is 16.7. The lowest BCUT2D eigenvalue weighted by Gasteiger charge is -2.35. The van der Waals surface area contributed by atoms with Gasteiger partial charge in [-0.1, -0.05) is 23.4 Å². The summed E-state index contributed by atoms with van der Waals surface area (Å²) < 4.78 is 10.5. The summed E-state index contributed by atoms with van der Waals surface area (Å²) in [5, 5.41) is 3.88. The van der Waals surface area contributed by atoms with Crippen LogP contribution in [0.5, 0.6) is 0 Å². The number of rotatable bonds is 3. The maximum Gasteiger partial charge on any atom is 0.276 e. The molecule has 1 aromatic carbocycles. The molecule has 0 atom stereocenters. The number of hydrogen-bond acceptors (Lipinski definition) is 5. The molecule has 1 aliphatic heterocycles. The molecule has 24 heavy (non-hydrogen) atoms. The Kier molecular flexibility index (Phi) is 3.78. The molecule has 6 heteroatoms. The van der Waals surface area contributed by atoms with E-state index in [1.54, 1.807) is 24.5 Å². The van der Waals surface area contributed by atoms with Crippen molar-refractivity contribution in [2.75, 3.05) is 31.1 Å². The van der Waals surface area contributed by atoms with Crippen molar-refractivity contribution in [3.63, 3.8) is 0 Å². The fraction of sp³-hybridized carbons (Fsp3) is 0.222. The highest BCUT2D eigenvalue weighted by molar-refractivity contribution is 5.93. The summed E-state index contributed by atoms with van der Waals surface area (Å²) >= 11 is 0. The zero-order valence-electron chi connectivity index (χ0n) is 13.1. The molecule has 0 unspecified atom stereocenters. The van der Waals surface area contributed by atoms with Crippen molar-refractivity contribution in [2.45, 2.75) is 0 Å². The first-order chi connectivity index (χ1) is 11.8. The van der Waals surface area contributed by atoms with Gasteiger partial charge in [0.25, 0.3) is 5.91 Å². The molecule has 4 rings (SSSR count). The van der Waals surface area contributed by atoms with E-state index < -0.39 is 0 Å². The number of piperazine rings is 1. The fourth-order valence-corrected chi connectivity index (χ4v) is 2.88. The number of anilines is 1. The van der Waals surface area contributed by atoms with Crippen molar-refractivity contribution in [1.82, 2.24) is 10.1 Å². The van der Waals surface area contributed by atoms with E-state index in [-0.39, 0.29) is 5.91 Å². The number of aromatic nitrogens is 1. The number of hydrogen-bond donors (Lipinski definition) is 0. The Bertz CT molecular complexity index is 803. The summed E-state index contributed by atoms with van der Waals surface area (Å²) in [5.41, 5.74) is 1.50. The molecular weight excluding hydrogens is 306 g/mol. The van der Waals surface area contributed by atoms with Crippen LogP contribution in [0.2, 0.25) is 0 Å². The minimum Gasteiger partial charge on any atom is -0.461 e. The van der Waals surface area contributed by atoms with Crippen LogP contribution in [-0.2, 0) is 0 Å². The number of benzene rings is 1. The molecule has 6 nitrogen and oxygen atoms in total. The maximum absolute atomic E-state index is 12.6. The molecule has 0 bridgehead atoms. The van der Waals surface area contributed by atoms with Gasteiger partial charge in [0.2, 0.25) is 5.76 Å². The first-order valence-corrected chi connectivity index (χ1v) is 7.91. The second-order valence-corrected chi connectivity index (χ2v) is 5.67. The Morgan fingerprint density at radius 1 is 0.958 bits per heavy atom. The standard InChI is InChI=1S/C18H17N3O3/c22-18(15-13-17(24-19-15)16-7-4-12-23-16)21-10-8-20(9-11-21)14-5-2-1-3-6-14/h1-7,12-13H,8-11H2. The predicted molar refractivity (Wildman–Crippen MR) is 88.8 cm³/mol. The molecule has 0 saturated carbocycles. The van der Waals surface area contributed by atoms with Crippen molar-refractivity contribution in [2.24, 2.45) is 0 Å². The van der Waals surface area contributed by atoms with Gasteiger partial charge >= 0.3 is 0 Å². The first kappa shape index (κ1) is 14.6. The molecule has 0 aliphatic carbocycles. The van der Waals surface area contributed by atoms with Gasteiger partial charge in [-0.25, -0.2) is 0 Å². The Morgan fingerprint density at radius 3 is 2.46 bits per heavy atom. The van der Waals surface area contributed by atoms with Crippen molar-refractivity contribution in [3.05, 3.63) is 60.5 Å². The van der Waals surface area contributed by atoms with Gasteiger partial charge in [-0.3, -0.25) is 4.79 Å². The molecule has 122 valence electrons. The van der Waals surface area contributed by atoms with Crippen LogP contribution in [0.4, 0.5) is 5.69 Å². The van der Waals surface area contributed by atoms with Crippen LogP contribution in [0.3, 0.4) is 0 Å². The van der Waals surface area contributed by atoms with Gasteiger partial charge in [0, 0.05) is 37.9 Å². The van der Waals surface area contributed by atoms with Gasteiger partial charge in [-0.2, -0.15) is 0 Å². The highest BCUT2D eigenvalue weighted by Gasteiger charge is 2.25. The second-order valence-electron chi connectivity index (χ2n) is 5.67. The number of carbonyl (C=O) groups excluding carboxylic acids is 1.